The maximum Gasteiger partial charge on any atom is 0.321 e. The minimum absolute atomic E-state index is 0.0788. The number of carbonyl (C=O) groups is 1. The lowest BCUT2D eigenvalue weighted by atomic mass is 9.46. The van der Waals surface area contributed by atoms with Gasteiger partial charge in [-0.3, -0.25) is 4.79 Å². The number of rotatable bonds is 2. The first-order valence-corrected chi connectivity index (χ1v) is 6.09. The summed E-state index contributed by atoms with van der Waals surface area (Å²) in [6, 6.07) is 0. The van der Waals surface area contributed by atoms with Gasteiger partial charge in [0.1, 0.15) is 11.5 Å². The average molecular weight is 229 g/mol. The molecule has 0 bridgehead atoms. The molecule has 15 heavy (non-hydrogen) atoms. The summed E-state index contributed by atoms with van der Waals surface area (Å²) in [5.41, 5.74) is -0.693. The third kappa shape index (κ3) is 0.705. The standard InChI is InChI=1S/C11H13ClO3/c12-3-7(13)15-10-2-6-1-9(8(6)10)4-11(9,14)5-10/h6,8,14H,1-5H2. The molecule has 0 aromatic carbocycles. The molecule has 3 nitrogen and oxygen atoms in total. The van der Waals surface area contributed by atoms with Crippen LogP contribution in [0.1, 0.15) is 25.7 Å². The van der Waals surface area contributed by atoms with Crippen LogP contribution in [0.4, 0.5) is 0 Å². The van der Waals surface area contributed by atoms with Crippen molar-refractivity contribution in [2.75, 3.05) is 5.88 Å². The minimum Gasteiger partial charge on any atom is -0.458 e. The van der Waals surface area contributed by atoms with Gasteiger partial charge in [0.25, 0.3) is 0 Å². The topological polar surface area (TPSA) is 46.5 Å². The van der Waals surface area contributed by atoms with Crippen LogP contribution in [0.5, 0.6) is 0 Å². The molecule has 4 aliphatic carbocycles. The predicted octanol–water partition coefficient (Wildman–Crippen LogP) is 1.07. The number of halogens is 1. The zero-order valence-corrected chi connectivity index (χ0v) is 9.09. The van der Waals surface area contributed by atoms with Crippen LogP contribution in [-0.4, -0.2) is 28.2 Å². The quantitative estimate of drug-likeness (QED) is 0.568. The molecule has 0 heterocycles. The van der Waals surface area contributed by atoms with E-state index in [0.29, 0.717) is 18.3 Å². The number of ether oxygens (including phenoxy) is 1. The van der Waals surface area contributed by atoms with Crippen molar-refractivity contribution >= 4 is 17.6 Å². The number of aliphatic hydroxyl groups is 1. The summed E-state index contributed by atoms with van der Waals surface area (Å²) >= 11 is 5.46. The second-order valence-electron chi connectivity index (χ2n) is 5.86. The summed E-state index contributed by atoms with van der Waals surface area (Å²) in [4.78, 5) is 11.3. The van der Waals surface area contributed by atoms with Gasteiger partial charge in [-0.15, -0.1) is 11.6 Å². The molecule has 5 unspecified atom stereocenters. The molecule has 0 amide bonds. The van der Waals surface area contributed by atoms with Crippen molar-refractivity contribution in [3.63, 3.8) is 0 Å². The third-order valence-electron chi connectivity index (χ3n) is 5.30. The van der Waals surface area contributed by atoms with Crippen LogP contribution >= 0.6 is 11.6 Å². The number of carbonyl (C=O) groups excluding carboxylic acids is 1. The Morgan fingerprint density at radius 1 is 1.47 bits per heavy atom. The Bertz CT molecular complexity index is 384. The fourth-order valence-corrected chi connectivity index (χ4v) is 5.04. The highest BCUT2D eigenvalue weighted by molar-refractivity contribution is 6.26. The number of hydrogen-bond donors (Lipinski definition) is 1. The SMILES string of the molecule is O=C(CCl)OC12CC3CC4(CC4(O)C1)C32. The Kier molecular flexibility index (Phi) is 1.22. The van der Waals surface area contributed by atoms with E-state index < -0.39 is 5.60 Å². The van der Waals surface area contributed by atoms with Crippen molar-refractivity contribution < 1.29 is 14.6 Å². The molecule has 0 saturated heterocycles. The highest BCUT2D eigenvalue weighted by Crippen LogP contribution is 2.89. The lowest BCUT2D eigenvalue weighted by molar-refractivity contribution is -0.228. The molecule has 0 aliphatic heterocycles. The Morgan fingerprint density at radius 2 is 2.27 bits per heavy atom. The predicted molar refractivity (Wildman–Crippen MR) is 52.4 cm³/mol. The normalized spacial score (nSPS) is 62.3. The van der Waals surface area contributed by atoms with Gasteiger partial charge in [0.15, 0.2) is 0 Å². The highest BCUT2D eigenvalue weighted by atomic mass is 35.5. The minimum atomic E-state index is -0.503. The molecule has 4 aliphatic rings. The Morgan fingerprint density at radius 3 is 2.93 bits per heavy atom. The molecule has 4 saturated carbocycles. The molecule has 4 heteroatoms. The van der Waals surface area contributed by atoms with Crippen molar-refractivity contribution in [3.8, 4) is 0 Å². The first kappa shape index (κ1) is 8.82. The number of alkyl halides is 1. The molecule has 1 N–H and O–H groups in total. The summed E-state index contributed by atoms with van der Waals surface area (Å²) in [5.74, 6) is 0.735. The van der Waals surface area contributed by atoms with Gasteiger partial charge >= 0.3 is 5.97 Å². The number of hydrogen-bond acceptors (Lipinski definition) is 3. The van der Waals surface area contributed by atoms with Gasteiger partial charge in [0.05, 0.1) is 5.60 Å². The van der Waals surface area contributed by atoms with E-state index in [0.717, 1.165) is 19.3 Å². The van der Waals surface area contributed by atoms with Crippen molar-refractivity contribution in [2.45, 2.75) is 36.9 Å². The highest BCUT2D eigenvalue weighted by Gasteiger charge is 2.91. The third-order valence-corrected chi connectivity index (χ3v) is 5.51. The van der Waals surface area contributed by atoms with Crippen LogP contribution in [0, 0.1) is 17.3 Å². The lowest BCUT2D eigenvalue weighted by Gasteiger charge is -2.61. The van der Waals surface area contributed by atoms with Crippen molar-refractivity contribution in [3.05, 3.63) is 0 Å². The fourth-order valence-electron chi connectivity index (χ4n) is 4.99. The van der Waals surface area contributed by atoms with Gasteiger partial charge in [0, 0.05) is 17.8 Å². The van der Waals surface area contributed by atoms with Gasteiger partial charge in [0.2, 0.25) is 0 Å². The van der Waals surface area contributed by atoms with Crippen molar-refractivity contribution in [1.29, 1.82) is 0 Å². The van der Waals surface area contributed by atoms with Crippen LogP contribution in [0.3, 0.4) is 0 Å². The maximum absolute atomic E-state index is 11.3. The summed E-state index contributed by atoms with van der Waals surface area (Å²) in [7, 11) is 0. The van der Waals surface area contributed by atoms with Gasteiger partial charge in [-0.2, -0.15) is 0 Å². The van der Waals surface area contributed by atoms with Gasteiger partial charge in [-0.05, 0) is 25.2 Å². The molecule has 4 rings (SSSR count). The van der Waals surface area contributed by atoms with Gasteiger partial charge in [-0.1, -0.05) is 0 Å². The summed E-state index contributed by atoms with van der Waals surface area (Å²) < 4.78 is 5.48. The van der Waals surface area contributed by atoms with Crippen LogP contribution in [0.25, 0.3) is 0 Å². The monoisotopic (exact) mass is 228 g/mol. The Balaban J connectivity index is 1.64. The molecule has 0 radical (unpaired) electrons. The van der Waals surface area contributed by atoms with Gasteiger partial charge < -0.3 is 9.84 Å². The summed E-state index contributed by atoms with van der Waals surface area (Å²) in [6.07, 6.45) is 3.68. The molecule has 5 atom stereocenters. The molecular formula is C11H13ClO3. The second kappa shape index (κ2) is 2.07. The van der Waals surface area contributed by atoms with Gasteiger partial charge in [-0.25, -0.2) is 0 Å². The molecular weight excluding hydrogens is 216 g/mol. The average Bonchev–Trinajstić information content (AvgIpc) is 2.67. The van der Waals surface area contributed by atoms with E-state index in [1.165, 1.54) is 0 Å². The first-order chi connectivity index (χ1) is 7.05. The fraction of sp³-hybridized carbons (Fsp3) is 0.909. The van der Waals surface area contributed by atoms with Crippen LogP contribution in [-0.2, 0) is 9.53 Å². The summed E-state index contributed by atoms with van der Waals surface area (Å²) in [6.45, 7) is 0. The Labute approximate surface area is 92.7 Å². The largest absolute Gasteiger partial charge is 0.458 e. The second-order valence-corrected chi connectivity index (χ2v) is 6.13. The number of esters is 1. The molecule has 0 aromatic rings. The smallest absolute Gasteiger partial charge is 0.321 e. The summed E-state index contributed by atoms with van der Waals surface area (Å²) in [5, 5.41) is 10.3. The van der Waals surface area contributed by atoms with Crippen molar-refractivity contribution in [2.24, 2.45) is 17.3 Å². The van der Waals surface area contributed by atoms with Crippen LogP contribution in [0.2, 0.25) is 0 Å². The molecule has 0 aromatic heterocycles. The Hall–Kier alpha value is -0.280. The van der Waals surface area contributed by atoms with E-state index in [2.05, 4.69) is 0 Å². The zero-order chi connectivity index (χ0) is 10.5. The molecule has 4 fully saturated rings. The van der Waals surface area contributed by atoms with E-state index in [-0.39, 0.29) is 22.9 Å². The van der Waals surface area contributed by atoms with E-state index in [4.69, 9.17) is 16.3 Å². The molecule has 1 spiro atoms. The molecule has 82 valence electrons. The lowest BCUT2D eigenvalue weighted by Crippen LogP contribution is -2.63. The van der Waals surface area contributed by atoms with E-state index in [1.54, 1.807) is 0 Å². The van der Waals surface area contributed by atoms with E-state index >= 15 is 0 Å². The van der Waals surface area contributed by atoms with Crippen LogP contribution < -0.4 is 0 Å². The van der Waals surface area contributed by atoms with E-state index in [1.807, 2.05) is 0 Å². The van der Waals surface area contributed by atoms with Crippen LogP contribution in [0.15, 0.2) is 0 Å². The van der Waals surface area contributed by atoms with E-state index in [9.17, 15) is 9.90 Å². The maximum atomic E-state index is 11.3. The zero-order valence-electron chi connectivity index (χ0n) is 8.33. The first-order valence-electron chi connectivity index (χ1n) is 5.56. The van der Waals surface area contributed by atoms with Crippen molar-refractivity contribution in [1.82, 2.24) is 0 Å².